The molecule has 3 aromatic rings. The van der Waals surface area contributed by atoms with Crippen LogP contribution in [-0.4, -0.2) is 27.4 Å². The number of nitrogens with zero attached hydrogens (tertiary/aromatic N) is 3. The van der Waals surface area contributed by atoms with Gasteiger partial charge in [-0.05, 0) is 32.0 Å². The Kier molecular flexibility index (Phi) is 3.82. The number of methoxy groups -OCH3 is 1. The second-order valence-electron chi connectivity index (χ2n) is 5.76. The normalized spacial score (nSPS) is 11.2. The molecule has 120 valence electrons. The molecule has 1 amide bonds. The summed E-state index contributed by atoms with van der Waals surface area (Å²) < 4.78 is 9.03. The Bertz CT molecular complexity index is 861. The van der Waals surface area contributed by atoms with Crippen LogP contribution < -0.4 is 10.1 Å². The summed E-state index contributed by atoms with van der Waals surface area (Å²) >= 11 is 0. The summed E-state index contributed by atoms with van der Waals surface area (Å²) in [5.74, 6) is 1.08. The molecule has 0 saturated heterocycles. The fourth-order valence-corrected chi connectivity index (χ4v) is 2.63. The van der Waals surface area contributed by atoms with Crippen molar-refractivity contribution in [2.24, 2.45) is 7.05 Å². The first-order valence-electron chi connectivity index (χ1n) is 7.49. The van der Waals surface area contributed by atoms with E-state index < -0.39 is 0 Å². The number of amides is 1. The van der Waals surface area contributed by atoms with Gasteiger partial charge in [0.1, 0.15) is 5.75 Å². The number of carbonyl (C=O) groups is 1. The molecule has 0 spiro atoms. The number of fused-ring (bicyclic) bond motifs is 1. The highest BCUT2D eigenvalue weighted by Crippen LogP contribution is 2.28. The predicted molar refractivity (Wildman–Crippen MR) is 90.0 cm³/mol. The fraction of sp³-hybridized carbons (Fsp3) is 0.294. The summed E-state index contributed by atoms with van der Waals surface area (Å²) in [6.07, 6.45) is 3.67. The summed E-state index contributed by atoms with van der Waals surface area (Å²) in [4.78, 5) is 12.7. The van der Waals surface area contributed by atoms with Crippen molar-refractivity contribution in [1.29, 1.82) is 0 Å². The predicted octanol–water partition coefficient (Wildman–Crippen LogP) is 3.22. The van der Waals surface area contributed by atoms with Crippen LogP contribution in [0.25, 0.3) is 10.9 Å². The minimum Gasteiger partial charge on any atom is -0.497 e. The zero-order valence-electron chi connectivity index (χ0n) is 13.7. The Morgan fingerprint density at radius 1 is 1.30 bits per heavy atom. The zero-order chi connectivity index (χ0) is 16.6. The van der Waals surface area contributed by atoms with E-state index in [0.29, 0.717) is 11.4 Å². The minimum atomic E-state index is -0.179. The van der Waals surface area contributed by atoms with Crippen LogP contribution in [0.5, 0.6) is 5.75 Å². The van der Waals surface area contributed by atoms with Gasteiger partial charge in [-0.1, -0.05) is 0 Å². The monoisotopic (exact) mass is 312 g/mol. The third-order valence-electron chi connectivity index (χ3n) is 3.80. The number of aryl methyl sites for hydroxylation is 1. The summed E-state index contributed by atoms with van der Waals surface area (Å²) in [6.45, 7) is 4.17. The molecule has 0 aliphatic carbocycles. The van der Waals surface area contributed by atoms with Crippen molar-refractivity contribution in [3.8, 4) is 5.75 Å². The Hall–Kier alpha value is -2.76. The summed E-state index contributed by atoms with van der Waals surface area (Å²) in [5, 5.41) is 7.89. The molecule has 0 radical (unpaired) electrons. The molecule has 0 saturated carbocycles. The van der Waals surface area contributed by atoms with Gasteiger partial charge in [-0.25, -0.2) is 0 Å². The Balaban J connectivity index is 2.06. The first kappa shape index (κ1) is 15.1. The lowest BCUT2D eigenvalue weighted by atomic mass is 10.1. The Morgan fingerprint density at radius 2 is 2.09 bits per heavy atom. The fourth-order valence-electron chi connectivity index (χ4n) is 2.63. The largest absolute Gasteiger partial charge is 0.497 e. The number of carbonyl (C=O) groups excluding carboxylic acids is 1. The third-order valence-corrected chi connectivity index (χ3v) is 3.80. The van der Waals surface area contributed by atoms with Crippen LogP contribution in [0.3, 0.4) is 0 Å². The Labute approximate surface area is 134 Å². The molecule has 0 unspecified atom stereocenters. The van der Waals surface area contributed by atoms with Gasteiger partial charge >= 0.3 is 0 Å². The van der Waals surface area contributed by atoms with Gasteiger partial charge in [-0.3, -0.25) is 9.48 Å². The van der Waals surface area contributed by atoms with Crippen LogP contribution in [0.2, 0.25) is 0 Å². The average Bonchev–Trinajstić information content (AvgIpc) is 3.10. The van der Waals surface area contributed by atoms with E-state index in [-0.39, 0.29) is 11.9 Å². The van der Waals surface area contributed by atoms with Crippen molar-refractivity contribution < 1.29 is 9.53 Å². The third kappa shape index (κ3) is 2.79. The van der Waals surface area contributed by atoms with Crippen molar-refractivity contribution >= 4 is 22.6 Å². The number of rotatable bonds is 4. The van der Waals surface area contributed by atoms with Gasteiger partial charge in [0.25, 0.3) is 5.91 Å². The highest BCUT2D eigenvalue weighted by atomic mass is 16.5. The number of hydrogen-bond acceptors (Lipinski definition) is 3. The van der Waals surface area contributed by atoms with Crippen molar-refractivity contribution in [2.45, 2.75) is 19.9 Å². The van der Waals surface area contributed by atoms with Gasteiger partial charge in [-0.2, -0.15) is 5.10 Å². The van der Waals surface area contributed by atoms with Crippen LogP contribution >= 0.6 is 0 Å². The van der Waals surface area contributed by atoms with E-state index in [0.717, 1.165) is 16.7 Å². The van der Waals surface area contributed by atoms with Crippen molar-refractivity contribution in [1.82, 2.24) is 14.3 Å². The quantitative estimate of drug-likeness (QED) is 0.804. The molecular formula is C17H20N4O2. The highest BCUT2D eigenvalue weighted by Gasteiger charge is 2.18. The molecule has 0 aliphatic heterocycles. The molecule has 23 heavy (non-hydrogen) atoms. The number of anilines is 1. The number of aromatic nitrogens is 3. The molecule has 0 bridgehead atoms. The lowest BCUT2D eigenvalue weighted by Crippen LogP contribution is -2.12. The van der Waals surface area contributed by atoms with Crippen LogP contribution in [0.1, 0.15) is 30.2 Å². The molecule has 0 atom stereocenters. The van der Waals surface area contributed by atoms with Crippen molar-refractivity contribution in [3.05, 3.63) is 42.2 Å². The van der Waals surface area contributed by atoms with E-state index in [1.165, 1.54) is 0 Å². The second-order valence-corrected chi connectivity index (χ2v) is 5.76. The van der Waals surface area contributed by atoms with E-state index in [9.17, 15) is 4.79 Å². The van der Waals surface area contributed by atoms with Crippen LogP contribution in [0.15, 0.2) is 36.7 Å². The van der Waals surface area contributed by atoms with E-state index in [1.807, 2.05) is 31.4 Å². The summed E-state index contributed by atoms with van der Waals surface area (Å²) in [6, 6.07) is 7.79. The molecule has 0 aliphatic rings. The molecule has 1 N–H and O–H groups in total. The van der Waals surface area contributed by atoms with E-state index >= 15 is 0 Å². The van der Waals surface area contributed by atoms with Crippen LogP contribution in [-0.2, 0) is 7.05 Å². The van der Waals surface area contributed by atoms with Gasteiger partial charge in [0.05, 0.1) is 12.7 Å². The molecule has 3 rings (SSSR count). The van der Waals surface area contributed by atoms with Gasteiger partial charge in [0, 0.05) is 42.5 Å². The summed E-state index contributed by atoms with van der Waals surface area (Å²) in [5.41, 5.74) is 1.62. The standard InChI is InChI=1S/C17H20N4O2/c1-11(2)21-10-14(13-9-12(23-4)5-6-15(13)21)17(22)18-16-7-8-20(3)19-16/h5-11H,1-4H3,(H,18,19,22). The summed E-state index contributed by atoms with van der Waals surface area (Å²) in [7, 11) is 3.43. The minimum absolute atomic E-state index is 0.179. The topological polar surface area (TPSA) is 61.1 Å². The molecular weight excluding hydrogens is 292 g/mol. The van der Waals surface area contributed by atoms with Crippen LogP contribution in [0, 0.1) is 0 Å². The molecule has 2 aromatic heterocycles. The number of ether oxygens (including phenoxy) is 1. The highest BCUT2D eigenvalue weighted by molar-refractivity contribution is 6.13. The van der Waals surface area contributed by atoms with Gasteiger partial charge in [0.15, 0.2) is 5.82 Å². The molecule has 6 heteroatoms. The molecule has 1 aromatic carbocycles. The number of benzene rings is 1. The second kappa shape index (κ2) is 5.79. The molecule has 0 fully saturated rings. The first-order chi connectivity index (χ1) is 11.0. The van der Waals surface area contributed by atoms with E-state index in [2.05, 4.69) is 28.8 Å². The van der Waals surface area contributed by atoms with Gasteiger partial charge in [0.2, 0.25) is 0 Å². The average molecular weight is 312 g/mol. The van der Waals surface area contributed by atoms with Crippen molar-refractivity contribution in [2.75, 3.05) is 12.4 Å². The maximum atomic E-state index is 12.7. The molecule has 2 heterocycles. The van der Waals surface area contributed by atoms with E-state index in [4.69, 9.17) is 4.74 Å². The maximum Gasteiger partial charge on any atom is 0.259 e. The SMILES string of the molecule is COc1ccc2c(c1)c(C(=O)Nc1ccn(C)n1)cn2C(C)C. The van der Waals surface area contributed by atoms with Gasteiger partial charge < -0.3 is 14.6 Å². The number of hydrogen-bond donors (Lipinski definition) is 1. The lowest BCUT2D eigenvalue weighted by molar-refractivity contribution is 0.102. The zero-order valence-corrected chi connectivity index (χ0v) is 13.7. The maximum absolute atomic E-state index is 12.7. The smallest absolute Gasteiger partial charge is 0.259 e. The van der Waals surface area contributed by atoms with E-state index in [1.54, 1.807) is 24.1 Å². The first-order valence-corrected chi connectivity index (χ1v) is 7.49. The Morgan fingerprint density at radius 3 is 2.70 bits per heavy atom. The van der Waals surface area contributed by atoms with Crippen molar-refractivity contribution in [3.63, 3.8) is 0 Å². The van der Waals surface area contributed by atoms with Crippen LogP contribution in [0.4, 0.5) is 5.82 Å². The molecule has 6 nitrogen and oxygen atoms in total. The number of nitrogens with one attached hydrogen (secondary N) is 1. The van der Waals surface area contributed by atoms with Gasteiger partial charge in [-0.15, -0.1) is 0 Å². The lowest BCUT2D eigenvalue weighted by Gasteiger charge is -2.09.